The summed E-state index contributed by atoms with van der Waals surface area (Å²) in [6.45, 7) is 0. The summed E-state index contributed by atoms with van der Waals surface area (Å²) >= 11 is 0. The number of benzene rings is 7. The van der Waals surface area contributed by atoms with Crippen LogP contribution < -0.4 is 5.32 Å². The van der Waals surface area contributed by atoms with Crippen molar-refractivity contribution in [2.24, 2.45) is 4.99 Å². The van der Waals surface area contributed by atoms with Gasteiger partial charge < -0.3 is 9.88 Å². The van der Waals surface area contributed by atoms with Crippen molar-refractivity contribution in [3.63, 3.8) is 0 Å². The lowest BCUT2D eigenvalue weighted by Gasteiger charge is -2.26. The maximum atomic E-state index is 5.29. The number of hydrogen-bond donors (Lipinski definition) is 1. The molecule has 1 aromatic heterocycles. The zero-order valence-electron chi connectivity index (χ0n) is 23.4. The lowest BCUT2D eigenvalue weighted by molar-refractivity contribution is 0.826. The topological polar surface area (TPSA) is 29.3 Å². The van der Waals surface area contributed by atoms with Crippen molar-refractivity contribution in [1.29, 1.82) is 0 Å². The molecule has 9 rings (SSSR count). The second kappa shape index (κ2) is 9.43. The van der Waals surface area contributed by atoms with Crippen LogP contribution in [0.4, 0.5) is 5.69 Å². The van der Waals surface area contributed by atoms with E-state index in [1.807, 2.05) is 0 Å². The molecule has 1 unspecified atom stereocenters. The Bertz CT molecular complexity index is 2290. The van der Waals surface area contributed by atoms with Gasteiger partial charge in [-0.05, 0) is 57.4 Å². The Kier molecular flexibility index (Phi) is 5.26. The average molecular weight is 550 g/mol. The molecule has 0 radical (unpaired) electrons. The van der Waals surface area contributed by atoms with Crippen LogP contribution >= 0.6 is 0 Å². The van der Waals surface area contributed by atoms with Gasteiger partial charge in [0.1, 0.15) is 6.17 Å². The van der Waals surface area contributed by atoms with E-state index in [-0.39, 0.29) is 6.17 Å². The van der Waals surface area contributed by atoms with Gasteiger partial charge in [0.15, 0.2) is 0 Å². The van der Waals surface area contributed by atoms with Gasteiger partial charge in [-0.25, -0.2) is 0 Å². The number of para-hydroxylation sites is 1. The van der Waals surface area contributed by atoms with E-state index in [0.29, 0.717) is 0 Å². The van der Waals surface area contributed by atoms with Crippen LogP contribution in [0.15, 0.2) is 157 Å². The van der Waals surface area contributed by atoms with E-state index in [0.717, 1.165) is 33.8 Å². The molecule has 0 fully saturated rings. The van der Waals surface area contributed by atoms with Gasteiger partial charge in [-0.15, -0.1) is 0 Å². The quantitative estimate of drug-likeness (QED) is 0.233. The molecule has 0 saturated heterocycles. The van der Waals surface area contributed by atoms with Crippen molar-refractivity contribution in [1.82, 2.24) is 4.57 Å². The van der Waals surface area contributed by atoms with E-state index in [2.05, 4.69) is 162 Å². The minimum atomic E-state index is -0.209. The molecule has 0 amide bonds. The monoisotopic (exact) mass is 549 g/mol. The molecule has 0 saturated carbocycles. The molecular formula is C40H27N3. The number of rotatable bonds is 3. The van der Waals surface area contributed by atoms with Crippen molar-refractivity contribution in [2.75, 3.05) is 5.32 Å². The average Bonchev–Trinajstić information content (AvgIpc) is 3.44. The predicted octanol–water partition coefficient (Wildman–Crippen LogP) is 10.1. The molecule has 8 aromatic rings. The highest BCUT2D eigenvalue weighted by Crippen LogP contribution is 2.41. The molecule has 3 heteroatoms. The molecular weight excluding hydrogens is 522 g/mol. The fraction of sp³-hybridized carbons (Fsp3) is 0.0250. The van der Waals surface area contributed by atoms with Crippen LogP contribution in [0.1, 0.15) is 22.9 Å². The van der Waals surface area contributed by atoms with Gasteiger partial charge in [0.2, 0.25) is 0 Å². The van der Waals surface area contributed by atoms with E-state index in [1.54, 1.807) is 0 Å². The van der Waals surface area contributed by atoms with Gasteiger partial charge >= 0.3 is 0 Å². The van der Waals surface area contributed by atoms with Crippen molar-refractivity contribution < 1.29 is 0 Å². The van der Waals surface area contributed by atoms with Crippen LogP contribution in [0.25, 0.3) is 49.0 Å². The van der Waals surface area contributed by atoms with Gasteiger partial charge in [-0.2, -0.15) is 0 Å². The van der Waals surface area contributed by atoms with Crippen LogP contribution in [0.5, 0.6) is 0 Å². The first-order valence-electron chi connectivity index (χ1n) is 14.8. The van der Waals surface area contributed by atoms with Crippen molar-refractivity contribution in [3.8, 4) is 5.69 Å². The van der Waals surface area contributed by atoms with Gasteiger partial charge in [0.25, 0.3) is 0 Å². The minimum Gasteiger partial charge on any atom is -0.360 e. The number of aromatic nitrogens is 1. The zero-order valence-corrected chi connectivity index (χ0v) is 23.4. The number of hydrogen-bond acceptors (Lipinski definition) is 2. The molecule has 3 nitrogen and oxygen atoms in total. The van der Waals surface area contributed by atoms with Crippen LogP contribution in [-0.2, 0) is 0 Å². The highest BCUT2D eigenvalue weighted by molar-refractivity contribution is 6.28. The summed E-state index contributed by atoms with van der Waals surface area (Å²) in [5, 5.41) is 11.4. The molecule has 1 atom stereocenters. The Hall–Kier alpha value is -5.67. The van der Waals surface area contributed by atoms with Crippen LogP contribution in [0.3, 0.4) is 0 Å². The second-order valence-corrected chi connectivity index (χ2v) is 11.2. The fourth-order valence-electron chi connectivity index (χ4n) is 6.84. The minimum absolute atomic E-state index is 0.209. The molecule has 0 bridgehead atoms. The van der Waals surface area contributed by atoms with Crippen LogP contribution in [-0.4, -0.2) is 10.3 Å². The standard InChI is InChI=1S/C40H27N3/c1-2-13-28(14-3-1)39-33-19-8-9-20-34(33)41-40(42-39)29-15-10-16-30(25-29)43-35-23-21-26-11-4-6-17-31(26)37(35)38-32-18-7-5-12-27(32)22-24-36(38)43/h1-25,40-41H. The predicted molar refractivity (Wildman–Crippen MR) is 181 cm³/mol. The smallest absolute Gasteiger partial charge is 0.145 e. The van der Waals surface area contributed by atoms with Crippen molar-refractivity contribution in [3.05, 3.63) is 168 Å². The van der Waals surface area contributed by atoms with Crippen LogP contribution in [0, 0.1) is 0 Å². The maximum absolute atomic E-state index is 5.29. The first-order chi connectivity index (χ1) is 21.3. The Morgan fingerprint density at radius 1 is 0.535 bits per heavy atom. The van der Waals surface area contributed by atoms with E-state index in [1.165, 1.54) is 43.4 Å². The molecule has 202 valence electrons. The van der Waals surface area contributed by atoms with Gasteiger partial charge in [0.05, 0.1) is 16.7 Å². The number of fused-ring (bicyclic) bond motifs is 8. The molecule has 43 heavy (non-hydrogen) atoms. The van der Waals surface area contributed by atoms with Gasteiger partial charge in [0, 0.05) is 33.3 Å². The Morgan fingerprint density at radius 3 is 1.88 bits per heavy atom. The lowest BCUT2D eigenvalue weighted by atomic mass is 9.97. The fourth-order valence-corrected chi connectivity index (χ4v) is 6.84. The summed E-state index contributed by atoms with van der Waals surface area (Å²) < 4.78 is 2.42. The number of nitrogens with zero attached hydrogens (tertiary/aromatic N) is 2. The first-order valence-corrected chi connectivity index (χ1v) is 14.8. The van der Waals surface area contributed by atoms with Crippen molar-refractivity contribution in [2.45, 2.75) is 6.17 Å². The number of anilines is 1. The largest absolute Gasteiger partial charge is 0.360 e. The van der Waals surface area contributed by atoms with Gasteiger partial charge in [-0.1, -0.05) is 121 Å². The van der Waals surface area contributed by atoms with E-state index < -0.39 is 0 Å². The third kappa shape index (κ3) is 3.72. The number of aliphatic imine (C=N–C) groups is 1. The number of nitrogens with one attached hydrogen (secondary N) is 1. The lowest BCUT2D eigenvalue weighted by Crippen LogP contribution is -2.20. The summed E-state index contributed by atoms with van der Waals surface area (Å²) in [6.07, 6.45) is -0.209. The molecule has 1 aliphatic rings. The normalized spacial score (nSPS) is 14.6. The third-order valence-corrected chi connectivity index (χ3v) is 8.77. The van der Waals surface area contributed by atoms with E-state index >= 15 is 0 Å². The van der Waals surface area contributed by atoms with Crippen molar-refractivity contribution >= 4 is 54.7 Å². The Morgan fingerprint density at radius 2 is 1.16 bits per heavy atom. The summed E-state index contributed by atoms with van der Waals surface area (Å²) in [4.78, 5) is 5.29. The highest BCUT2D eigenvalue weighted by atomic mass is 15.1. The molecule has 1 N–H and O–H groups in total. The van der Waals surface area contributed by atoms with Gasteiger partial charge in [-0.3, -0.25) is 4.99 Å². The van der Waals surface area contributed by atoms with E-state index in [9.17, 15) is 0 Å². The van der Waals surface area contributed by atoms with E-state index in [4.69, 9.17) is 4.99 Å². The molecule has 0 spiro atoms. The second-order valence-electron chi connectivity index (χ2n) is 11.2. The summed E-state index contributed by atoms with van der Waals surface area (Å²) in [6, 6.07) is 54.3. The molecule has 0 aliphatic carbocycles. The first kappa shape index (κ1) is 24.0. The highest BCUT2D eigenvalue weighted by Gasteiger charge is 2.23. The molecule has 2 heterocycles. The third-order valence-electron chi connectivity index (χ3n) is 8.77. The molecule has 7 aromatic carbocycles. The van der Waals surface area contributed by atoms with Crippen LogP contribution in [0.2, 0.25) is 0 Å². The summed E-state index contributed by atoms with van der Waals surface area (Å²) in [5.41, 5.74) is 9.02. The summed E-state index contributed by atoms with van der Waals surface area (Å²) in [7, 11) is 0. The summed E-state index contributed by atoms with van der Waals surface area (Å²) in [5.74, 6) is 0. The Labute approximate surface area is 249 Å². The maximum Gasteiger partial charge on any atom is 0.145 e. The SMILES string of the molecule is c1ccc(C2=NC(c3cccc(-n4c5ccc6ccccc6c5c5c6ccccc6ccc54)c3)Nc3ccccc32)cc1. The molecule has 1 aliphatic heterocycles. The zero-order chi connectivity index (χ0) is 28.3. The Balaban J connectivity index is 1.28.